The smallest absolute Gasteiger partial charge is 0.0521 e. The molecule has 0 rings (SSSR count). The van der Waals surface area contributed by atoms with Gasteiger partial charge in [0.2, 0.25) is 0 Å². The summed E-state index contributed by atoms with van der Waals surface area (Å²) in [6.07, 6.45) is 9.16. The highest BCUT2D eigenvalue weighted by atomic mass is 32.2. The molecule has 1 N–H and O–H groups in total. The zero-order chi connectivity index (χ0) is 25.6. The Hall–Kier alpha value is -0.510. The van der Waals surface area contributed by atoms with E-state index in [2.05, 4.69) is 120 Å². The predicted molar refractivity (Wildman–Crippen MR) is 149 cm³/mol. The fourth-order valence-electron chi connectivity index (χ4n) is 3.52. The molecule has 0 aliphatic heterocycles. The van der Waals surface area contributed by atoms with Gasteiger partial charge in [0.1, 0.15) is 0 Å². The number of thioether (sulfide) groups is 1. The van der Waals surface area contributed by atoms with Crippen LogP contribution in [0.1, 0.15) is 95.9 Å². The normalized spacial score (nSPS) is 15.2. The fraction of sp³-hybridized carbons (Fsp3) is 0.793. The van der Waals surface area contributed by atoms with Gasteiger partial charge in [-0.2, -0.15) is 11.8 Å². The monoisotopic (exact) mass is 465 g/mol. The molecule has 0 saturated heterocycles. The van der Waals surface area contributed by atoms with Crippen molar-refractivity contribution in [2.45, 2.75) is 107 Å². The summed E-state index contributed by atoms with van der Waals surface area (Å²) < 4.78 is 0. The molecule has 3 heteroatoms. The Labute approximate surface area is 206 Å². The highest BCUT2D eigenvalue weighted by molar-refractivity contribution is 7.99. The van der Waals surface area contributed by atoms with Crippen molar-refractivity contribution < 1.29 is 5.11 Å². The first-order chi connectivity index (χ1) is 14.3. The number of rotatable bonds is 13. The van der Waals surface area contributed by atoms with Gasteiger partial charge < -0.3 is 5.11 Å². The van der Waals surface area contributed by atoms with Crippen LogP contribution >= 0.6 is 11.8 Å². The topological polar surface area (TPSA) is 23.5 Å². The molecule has 0 bridgehead atoms. The lowest BCUT2D eigenvalue weighted by Gasteiger charge is -2.55. The van der Waals surface area contributed by atoms with Crippen LogP contribution in [0, 0.1) is 16.2 Å². The van der Waals surface area contributed by atoms with E-state index >= 15 is 0 Å². The predicted octanol–water partition coefficient (Wildman–Crippen LogP) is 8.14. The Morgan fingerprint density at radius 3 is 1.91 bits per heavy atom. The molecule has 0 aromatic heterocycles. The van der Waals surface area contributed by atoms with Crippen molar-refractivity contribution in [2.24, 2.45) is 16.2 Å². The summed E-state index contributed by atoms with van der Waals surface area (Å²) in [7, 11) is 2.27. The first kappa shape index (κ1) is 31.5. The Balaban J connectivity index is 6.21. The molecule has 0 unspecified atom stereocenters. The van der Waals surface area contributed by atoms with E-state index in [1.165, 1.54) is 11.1 Å². The third-order valence-electron chi connectivity index (χ3n) is 7.99. The van der Waals surface area contributed by atoms with Crippen LogP contribution in [0.15, 0.2) is 36.0 Å². The molecule has 0 heterocycles. The molecule has 0 spiro atoms. The van der Waals surface area contributed by atoms with Gasteiger partial charge in [-0.05, 0) is 80.7 Å². The van der Waals surface area contributed by atoms with E-state index in [4.69, 9.17) is 5.11 Å². The van der Waals surface area contributed by atoms with E-state index in [0.29, 0.717) is 0 Å². The van der Waals surface area contributed by atoms with Crippen LogP contribution in [0.2, 0.25) is 0 Å². The standard InChI is InChI=1S/C29H55NOS/c1-15-26(6,7)23(2)22-24(16-17-25(3,4)5)28(10,11)30(14)29(12,13)27(8,9)18-20-32-21-19-31/h16-17,22,31H,2,15,18-21H2,1,3-14H3/b17-16+,24-22+. The number of aliphatic hydroxyl groups is 1. The third-order valence-corrected chi connectivity index (χ3v) is 8.96. The molecule has 188 valence electrons. The van der Waals surface area contributed by atoms with Crippen LogP contribution in [0.4, 0.5) is 0 Å². The van der Waals surface area contributed by atoms with Crippen LogP contribution in [-0.2, 0) is 0 Å². The maximum atomic E-state index is 9.12. The largest absolute Gasteiger partial charge is 0.396 e. The van der Waals surface area contributed by atoms with Crippen LogP contribution < -0.4 is 0 Å². The maximum absolute atomic E-state index is 9.12. The zero-order valence-electron chi connectivity index (χ0n) is 23.8. The van der Waals surface area contributed by atoms with Crippen LogP contribution in [0.3, 0.4) is 0 Å². The summed E-state index contributed by atoms with van der Waals surface area (Å²) in [6.45, 7) is 32.5. The highest BCUT2D eigenvalue weighted by Crippen LogP contribution is 2.44. The van der Waals surface area contributed by atoms with Gasteiger partial charge in [-0.1, -0.05) is 80.2 Å². The minimum absolute atomic E-state index is 0.0352. The van der Waals surface area contributed by atoms with E-state index in [1.807, 2.05) is 11.8 Å². The van der Waals surface area contributed by atoms with Crippen LogP contribution in [0.5, 0.6) is 0 Å². The zero-order valence-corrected chi connectivity index (χ0v) is 24.6. The minimum Gasteiger partial charge on any atom is -0.396 e. The van der Waals surface area contributed by atoms with Gasteiger partial charge in [0.05, 0.1) is 6.61 Å². The van der Waals surface area contributed by atoms with E-state index in [0.717, 1.165) is 24.3 Å². The van der Waals surface area contributed by atoms with Crippen molar-refractivity contribution >= 4 is 11.8 Å². The van der Waals surface area contributed by atoms with Gasteiger partial charge in [-0.3, -0.25) is 4.90 Å². The third kappa shape index (κ3) is 8.69. The van der Waals surface area contributed by atoms with Gasteiger partial charge in [-0.25, -0.2) is 0 Å². The molecule has 0 aliphatic rings. The lowest BCUT2D eigenvalue weighted by atomic mass is 9.69. The van der Waals surface area contributed by atoms with Gasteiger partial charge in [0, 0.05) is 16.8 Å². The quantitative estimate of drug-likeness (QED) is 0.219. The maximum Gasteiger partial charge on any atom is 0.0521 e. The van der Waals surface area contributed by atoms with Crippen molar-refractivity contribution in [2.75, 3.05) is 25.2 Å². The second-order valence-electron chi connectivity index (χ2n) is 12.7. The van der Waals surface area contributed by atoms with E-state index in [-0.39, 0.29) is 33.9 Å². The van der Waals surface area contributed by atoms with Gasteiger partial charge in [-0.15, -0.1) is 0 Å². The number of nitrogens with zero attached hydrogens (tertiary/aromatic N) is 1. The lowest BCUT2D eigenvalue weighted by Crippen LogP contribution is -2.60. The molecule has 0 aliphatic carbocycles. The Morgan fingerprint density at radius 2 is 1.47 bits per heavy atom. The Bertz CT molecular complexity index is 659. The molecule has 0 atom stereocenters. The molecule has 32 heavy (non-hydrogen) atoms. The lowest BCUT2D eigenvalue weighted by molar-refractivity contribution is -0.0203. The van der Waals surface area contributed by atoms with Gasteiger partial charge in [0.25, 0.3) is 0 Å². The van der Waals surface area contributed by atoms with E-state index < -0.39 is 0 Å². The molecule has 0 aromatic rings. The highest BCUT2D eigenvalue weighted by Gasteiger charge is 2.45. The summed E-state index contributed by atoms with van der Waals surface area (Å²) in [5.41, 5.74) is 2.59. The number of hydrogen-bond acceptors (Lipinski definition) is 3. The van der Waals surface area contributed by atoms with Gasteiger partial charge in [0.15, 0.2) is 0 Å². The number of aliphatic hydroxyl groups excluding tert-OH is 1. The summed E-state index contributed by atoms with van der Waals surface area (Å²) in [4.78, 5) is 2.56. The van der Waals surface area contributed by atoms with Crippen molar-refractivity contribution in [3.63, 3.8) is 0 Å². The molecular weight excluding hydrogens is 410 g/mol. The first-order valence-electron chi connectivity index (χ1n) is 12.3. The molecule has 2 nitrogen and oxygen atoms in total. The minimum atomic E-state index is -0.173. The Kier molecular flexibility index (Phi) is 11.6. The molecule has 0 amide bonds. The first-order valence-corrected chi connectivity index (χ1v) is 13.4. The van der Waals surface area contributed by atoms with E-state index in [1.54, 1.807) is 0 Å². The number of likely N-dealkylation sites (N-methyl/N-ethyl adjacent to an activating group) is 1. The summed E-state index contributed by atoms with van der Waals surface area (Å²) in [5, 5.41) is 9.12. The second-order valence-corrected chi connectivity index (χ2v) is 13.9. The van der Waals surface area contributed by atoms with Crippen molar-refractivity contribution in [3.8, 4) is 0 Å². The van der Waals surface area contributed by atoms with Crippen molar-refractivity contribution in [1.82, 2.24) is 4.90 Å². The fourth-order valence-corrected chi connectivity index (χ4v) is 4.51. The number of allylic oxidation sites excluding steroid dienone is 3. The molecule has 0 saturated carbocycles. The summed E-state index contributed by atoms with van der Waals surface area (Å²) in [6, 6.07) is 0. The van der Waals surface area contributed by atoms with Gasteiger partial charge >= 0.3 is 0 Å². The van der Waals surface area contributed by atoms with Crippen LogP contribution in [0.25, 0.3) is 0 Å². The van der Waals surface area contributed by atoms with Crippen LogP contribution in [-0.4, -0.2) is 46.2 Å². The average molecular weight is 466 g/mol. The SMILES string of the molecule is C=C(/C=C(\C=C\C(C)(C)C)C(C)(C)N(C)C(C)(C)C(C)(C)CCSCCO)C(C)(C)CC. The molecule has 0 fully saturated rings. The van der Waals surface area contributed by atoms with E-state index in [9.17, 15) is 0 Å². The Morgan fingerprint density at radius 1 is 0.938 bits per heavy atom. The second kappa shape index (κ2) is 11.8. The van der Waals surface area contributed by atoms with Crippen molar-refractivity contribution in [1.29, 1.82) is 0 Å². The molecule has 0 aromatic carbocycles. The number of hydrogen-bond donors (Lipinski definition) is 1. The summed E-state index contributed by atoms with van der Waals surface area (Å²) >= 11 is 1.84. The molecule has 0 radical (unpaired) electrons. The molecular formula is C29H55NOS. The summed E-state index contributed by atoms with van der Waals surface area (Å²) in [5.74, 6) is 1.89. The average Bonchev–Trinajstić information content (AvgIpc) is 2.66. The van der Waals surface area contributed by atoms with Crippen molar-refractivity contribution in [3.05, 3.63) is 36.0 Å².